The Labute approximate surface area is 223 Å². The van der Waals surface area contributed by atoms with E-state index in [0.717, 1.165) is 47.8 Å². The number of phenolic OH excluding ortho intramolecular Hbond substituents is 1. The van der Waals surface area contributed by atoms with Crippen LogP contribution in [0, 0.1) is 11.8 Å². The quantitative estimate of drug-likeness (QED) is 0.243. The van der Waals surface area contributed by atoms with Crippen LogP contribution in [-0.2, 0) is 11.3 Å². The average molecular weight is 503 g/mol. The molecule has 3 fully saturated rings. The van der Waals surface area contributed by atoms with Gasteiger partial charge >= 0.3 is 0 Å². The monoisotopic (exact) mass is 502 g/mol. The minimum absolute atomic E-state index is 0.111. The van der Waals surface area contributed by atoms with Gasteiger partial charge in [-0.05, 0) is 94.2 Å². The number of phenols is 1. The minimum atomic E-state index is -0.111. The molecule has 3 aliphatic rings. The van der Waals surface area contributed by atoms with Crippen LogP contribution >= 0.6 is 0 Å². The molecule has 38 heavy (non-hydrogen) atoms. The summed E-state index contributed by atoms with van der Waals surface area (Å²) >= 11 is 0. The van der Waals surface area contributed by atoms with Crippen molar-refractivity contribution >= 4 is 32.4 Å². The maximum absolute atomic E-state index is 10.4. The molecule has 1 unspecified atom stereocenters. The van der Waals surface area contributed by atoms with Crippen molar-refractivity contribution in [2.75, 3.05) is 13.1 Å². The van der Waals surface area contributed by atoms with Crippen molar-refractivity contribution in [3.63, 3.8) is 0 Å². The van der Waals surface area contributed by atoms with Gasteiger partial charge < -0.3 is 9.84 Å². The zero-order valence-electron chi connectivity index (χ0n) is 21.9. The molecule has 192 valence electrons. The van der Waals surface area contributed by atoms with Gasteiger partial charge in [0.2, 0.25) is 0 Å². The Morgan fingerprint density at radius 1 is 0.947 bits per heavy atom. The normalized spacial score (nSPS) is 23.8. The van der Waals surface area contributed by atoms with Crippen LogP contribution in [0.4, 0.5) is 0 Å². The molecule has 0 saturated carbocycles. The lowest BCUT2D eigenvalue weighted by Crippen LogP contribution is -2.55. The topological polar surface area (TPSA) is 45.6 Å². The first-order chi connectivity index (χ1) is 18.7. The van der Waals surface area contributed by atoms with Crippen LogP contribution in [0.25, 0.3) is 32.4 Å². The molecular weight excluding hydrogens is 468 g/mol. The van der Waals surface area contributed by atoms with Crippen LogP contribution in [0.1, 0.15) is 43.4 Å². The number of piperidine rings is 3. The molecule has 0 spiro atoms. The van der Waals surface area contributed by atoms with Crippen molar-refractivity contribution in [1.29, 1.82) is 0 Å². The van der Waals surface area contributed by atoms with Gasteiger partial charge in [-0.1, -0.05) is 61.9 Å². The molecule has 5 atom stereocenters. The molecule has 0 amide bonds. The molecule has 4 nitrogen and oxygen atoms in total. The first-order valence-corrected chi connectivity index (χ1v) is 14.0. The van der Waals surface area contributed by atoms with Gasteiger partial charge in [-0.25, -0.2) is 0 Å². The number of hydrogen-bond acceptors (Lipinski definition) is 4. The van der Waals surface area contributed by atoms with Crippen LogP contribution in [0.15, 0.2) is 85.1 Å². The van der Waals surface area contributed by atoms with E-state index in [1.54, 1.807) is 6.07 Å². The first-order valence-electron chi connectivity index (χ1n) is 14.0. The predicted molar refractivity (Wildman–Crippen MR) is 154 cm³/mol. The number of hydrogen-bond donors (Lipinski definition) is 1. The van der Waals surface area contributed by atoms with E-state index in [4.69, 9.17) is 4.74 Å². The zero-order chi connectivity index (χ0) is 25.6. The largest absolute Gasteiger partial charge is 0.508 e. The minimum Gasteiger partial charge on any atom is -0.508 e. The molecule has 3 saturated heterocycles. The number of pyridine rings is 1. The van der Waals surface area contributed by atoms with Gasteiger partial charge in [0.25, 0.3) is 0 Å². The number of fused-ring (bicyclic) bond motifs is 6. The number of rotatable bonds is 6. The van der Waals surface area contributed by atoms with Crippen molar-refractivity contribution in [3.05, 3.63) is 96.2 Å². The molecule has 4 aromatic carbocycles. The van der Waals surface area contributed by atoms with Crippen LogP contribution in [-0.4, -0.2) is 34.1 Å². The Kier molecular flexibility index (Phi) is 6.02. The van der Waals surface area contributed by atoms with E-state index >= 15 is 0 Å². The maximum atomic E-state index is 10.4. The fourth-order valence-corrected chi connectivity index (χ4v) is 7.21. The van der Waals surface area contributed by atoms with Crippen molar-refractivity contribution in [1.82, 2.24) is 9.88 Å². The van der Waals surface area contributed by atoms with Gasteiger partial charge in [-0.2, -0.15) is 0 Å². The molecule has 2 bridgehead atoms. The Hall–Kier alpha value is -3.47. The SMILES string of the molecule is CC[C@H]1CN2CC[C@H]1C[C@H]2[C@H](OCc1c2ccccc2cc2ccccc12)c1ccnc2ccc(O)cc12. The van der Waals surface area contributed by atoms with Crippen molar-refractivity contribution < 1.29 is 9.84 Å². The highest BCUT2D eigenvalue weighted by molar-refractivity contribution is 6.02. The number of aromatic nitrogens is 1. The molecule has 4 heteroatoms. The zero-order valence-corrected chi connectivity index (χ0v) is 21.9. The number of benzene rings is 4. The summed E-state index contributed by atoms with van der Waals surface area (Å²) in [6.45, 7) is 5.15. The standard InChI is InChI=1S/C34H34N2O2/c1-2-22-20-36-16-14-23(22)18-33(36)34(29-13-15-35-32-12-11-26(37)19-30(29)32)38-21-31-27-9-5-3-7-24(27)17-25-8-4-6-10-28(25)31/h3-13,15,17,19,22-23,33-34,37H,2,14,16,18,20-21H2,1H3/t22-,23-,33-,34+/m0/s1. The molecule has 5 aromatic rings. The fraction of sp³-hybridized carbons (Fsp3) is 0.324. The van der Waals surface area contributed by atoms with Crippen LogP contribution < -0.4 is 0 Å². The van der Waals surface area contributed by atoms with Crippen molar-refractivity contribution in [2.24, 2.45) is 11.8 Å². The van der Waals surface area contributed by atoms with Crippen LogP contribution in [0.3, 0.4) is 0 Å². The number of aromatic hydroxyl groups is 1. The lowest BCUT2D eigenvalue weighted by molar-refractivity contribution is -0.0875. The molecule has 1 N–H and O–H groups in total. The second kappa shape index (κ2) is 9.68. The van der Waals surface area contributed by atoms with Crippen molar-refractivity contribution in [3.8, 4) is 5.75 Å². The molecule has 1 aromatic heterocycles. The summed E-state index contributed by atoms with van der Waals surface area (Å²) in [5.74, 6) is 1.80. The molecule has 0 radical (unpaired) electrons. The van der Waals surface area contributed by atoms with Gasteiger partial charge in [0, 0.05) is 24.2 Å². The molecule has 3 aliphatic heterocycles. The van der Waals surface area contributed by atoms with E-state index in [9.17, 15) is 5.11 Å². The van der Waals surface area contributed by atoms with Crippen LogP contribution in [0.2, 0.25) is 0 Å². The first kappa shape index (κ1) is 23.6. The molecule has 8 rings (SSSR count). The second-order valence-corrected chi connectivity index (χ2v) is 11.1. The predicted octanol–water partition coefficient (Wildman–Crippen LogP) is 7.63. The van der Waals surface area contributed by atoms with Gasteiger partial charge in [-0.3, -0.25) is 9.88 Å². The van der Waals surface area contributed by atoms with E-state index < -0.39 is 0 Å². The van der Waals surface area contributed by atoms with Gasteiger partial charge in [0.05, 0.1) is 18.2 Å². The number of ether oxygens (including phenoxy) is 1. The molecule has 0 aliphatic carbocycles. The van der Waals surface area contributed by atoms with E-state index in [-0.39, 0.29) is 11.9 Å². The fourth-order valence-electron chi connectivity index (χ4n) is 7.21. The lowest BCUT2D eigenvalue weighted by Gasteiger charge is -2.52. The van der Waals surface area contributed by atoms with E-state index in [0.29, 0.717) is 12.6 Å². The summed E-state index contributed by atoms with van der Waals surface area (Å²) in [6.07, 6.45) is 5.47. The lowest BCUT2D eigenvalue weighted by atomic mass is 9.72. The third-order valence-corrected chi connectivity index (χ3v) is 9.17. The summed E-state index contributed by atoms with van der Waals surface area (Å²) < 4.78 is 7.09. The molecular formula is C34H34N2O2. The summed E-state index contributed by atoms with van der Waals surface area (Å²) in [5, 5.41) is 16.3. The third-order valence-electron chi connectivity index (χ3n) is 9.17. The smallest absolute Gasteiger partial charge is 0.116 e. The Morgan fingerprint density at radius 2 is 1.71 bits per heavy atom. The third kappa shape index (κ3) is 4.03. The summed E-state index contributed by atoms with van der Waals surface area (Å²) in [4.78, 5) is 7.28. The highest BCUT2D eigenvalue weighted by atomic mass is 16.5. The average Bonchev–Trinajstić information content (AvgIpc) is 2.97. The summed E-state index contributed by atoms with van der Waals surface area (Å²) in [6, 6.07) is 27.4. The van der Waals surface area contributed by atoms with Gasteiger partial charge in [0.1, 0.15) is 5.75 Å². The Morgan fingerprint density at radius 3 is 2.42 bits per heavy atom. The number of nitrogens with zero attached hydrogens (tertiary/aromatic N) is 2. The Balaban J connectivity index is 1.33. The van der Waals surface area contributed by atoms with E-state index in [1.165, 1.54) is 39.9 Å². The maximum Gasteiger partial charge on any atom is 0.116 e. The summed E-state index contributed by atoms with van der Waals surface area (Å²) in [7, 11) is 0. The highest BCUT2D eigenvalue weighted by Crippen LogP contribution is 2.45. The van der Waals surface area contributed by atoms with Crippen molar-refractivity contribution in [2.45, 2.75) is 44.9 Å². The van der Waals surface area contributed by atoms with E-state index in [1.807, 2.05) is 18.3 Å². The summed E-state index contributed by atoms with van der Waals surface area (Å²) in [5.41, 5.74) is 3.26. The second-order valence-electron chi connectivity index (χ2n) is 11.1. The molecule has 4 heterocycles. The van der Waals surface area contributed by atoms with E-state index in [2.05, 4.69) is 77.5 Å². The van der Waals surface area contributed by atoms with Gasteiger partial charge in [-0.15, -0.1) is 0 Å². The Bertz CT molecular complexity index is 1580. The van der Waals surface area contributed by atoms with Crippen LogP contribution in [0.5, 0.6) is 5.75 Å². The highest BCUT2D eigenvalue weighted by Gasteiger charge is 2.43. The van der Waals surface area contributed by atoms with Gasteiger partial charge in [0.15, 0.2) is 0 Å².